The quantitative estimate of drug-likeness (QED) is 0.690. The molecule has 0 aromatic carbocycles. The summed E-state index contributed by atoms with van der Waals surface area (Å²) in [5.74, 6) is -1.11. The number of halogens is 1. The van der Waals surface area contributed by atoms with Crippen molar-refractivity contribution in [3.8, 4) is 0 Å². The molecule has 0 saturated heterocycles. The molecule has 1 aromatic heterocycles. The number of nitrogens with zero attached hydrogens (tertiary/aromatic N) is 2. The molecule has 1 aromatic rings. The van der Waals surface area contributed by atoms with Crippen molar-refractivity contribution in [1.82, 2.24) is 9.78 Å². The van der Waals surface area contributed by atoms with Gasteiger partial charge in [0.2, 0.25) is 0 Å². The number of ether oxygens (including phenoxy) is 1. The van der Waals surface area contributed by atoms with Crippen molar-refractivity contribution in [1.29, 1.82) is 0 Å². The SMILES string of the molecule is CCOC(=O)C(F)n1nc(C)ccc1=O. The highest BCUT2D eigenvalue weighted by atomic mass is 19.1. The Morgan fingerprint density at radius 2 is 2.33 bits per heavy atom. The van der Waals surface area contributed by atoms with Crippen molar-refractivity contribution in [2.45, 2.75) is 20.1 Å². The van der Waals surface area contributed by atoms with Crippen LogP contribution >= 0.6 is 0 Å². The number of aromatic nitrogens is 2. The highest BCUT2D eigenvalue weighted by Gasteiger charge is 2.22. The van der Waals surface area contributed by atoms with E-state index in [1.807, 2.05) is 0 Å². The first kappa shape index (κ1) is 11.4. The van der Waals surface area contributed by atoms with E-state index in [9.17, 15) is 14.0 Å². The third-order valence-corrected chi connectivity index (χ3v) is 1.65. The Bertz CT molecular complexity index is 416. The van der Waals surface area contributed by atoms with E-state index >= 15 is 0 Å². The largest absolute Gasteiger partial charge is 0.462 e. The van der Waals surface area contributed by atoms with E-state index in [-0.39, 0.29) is 6.61 Å². The van der Waals surface area contributed by atoms with Gasteiger partial charge in [0.05, 0.1) is 12.3 Å². The lowest BCUT2D eigenvalue weighted by atomic mass is 10.4. The van der Waals surface area contributed by atoms with Crippen LogP contribution in [0, 0.1) is 6.92 Å². The molecule has 1 atom stereocenters. The van der Waals surface area contributed by atoms with Crippen LogP contribution in [0.5, 0.6) is 0 Å². The van der Waals surface area contributed by atoms with Gasteiger partial charge in [-0.15, -0.1) is 0 Å². The maximum Gasteiger partial charge on any atom is 0.363 e. The number of aryl methyl sites for hydroxylation is 1. The number of carbonyl (C=O) groups is 1. The molecule has 5 nitrogen and oxygen atoms in total. The van der Waals surface area contributed by atoms with Crippen LogP contribution in [0.3, 0.4) is 0 Å². The van der Waals surface area contributed by atoms with Gasteiger partial charge in [0, 0.05) is 6.07 Å². The summed E-state index contributed by atoms with van der Waals surface area (Å²) in [6.07, 6.45) is -2.18. The molecule has 0 amide bonds. The van der Waals surface area contributed by atoms with Gasteiger partial charge in [0.1, 0.15) is 0 Å². The van der Waals surface area contributed by atoms with E-state index in [1.165, 1.54) is 6.07 Å². The maximum absolute atomic E-state index is 13.4. The monoisotopic (exact) mass is 214 g/mol. The van der Waals surface area contributed by atoms with E-state index in [4.69, 9.17) is 0 Å². The molecule has 0 saturated carbocycles. The normalized spacial score (nSPS) is 12.2. The van der Waals surface area contributed by atoms with Crippen LogP contribution in [-0.4, -0.2) is 22.4 Å². The second kappa shape index (κ2) is 4.68. The topological polar surface area (TPSA) is 61.2 Å². The molecule has 0 fully saturated rings. The van der Waals surface area contributed by atoms with Crippen LogP contribution in [-0.2, 0) is 9.53 Å². The van der Waals surface area contributed by atoms with Crippen molar-refractivity contribution in [3.05, 3.63) is 28.2 Å². The Morgan fingerprint density at radius 3 is 2.93 bits per heavy atom. The Balaban J connectivity index is 3.00. The number of esters is 1. The first-order valence-electron chi connectivity index (χ1n) is 4.43. The second-order valence-electron chi connectivity index (χ2n) is 2.85. The first-order valence-corrected chi connectivity index (χ1v) is 4.43. The molecule has 6 heteroatoms. The second-order valence-corrected chi connectivity index (χ2v) is 2.85. The van der Waals surface area contributed by atoms with Crippen molar-refractivity contribution in [2.75, 3.05) is 6.61 Å². The maximum atomic E-state index is 13.4. The van der Waals surface area contributed by atoms with Crippen LogP contribution in [0.1, 0.15) is 18.9 Å². The zero-order chi connectivity index (χ0) is 11.4. The predicted molar refractivity (Wildman–Crippen MR) is 50.0 cm³/mol. The molecule has 0 N–H and O–H groups in total. The molecule has 82 valence electrons. The number of alkyl halides is 1. The molecule has 1 heterocycles. The molecule has 0 aliphatic carbocycles. The van der Waals surface area contributed by atoms with E-state index in [0.29, 0.717) is 10.4 Å². The van der Waals surface area contributed by atoms with E-state index < -0.39 is 17.8 Å². The van der Waals surface area contributed by atoms with Gasteiger partial charge in [-0.2, -0.15) is 9.78 Å². The minimum absolute atomic E-state index is 0.0554. The van der Waals surface area contributed by atoms with Gasteiger partial charge in [-0.05, 0) is 19.9 Å². The van der Waals surface area contributed by atoms with Gasteiger partial charge in [-0.1, -0.05) is 0 Å². The fraction of sp³-hybridized carbons (Fsp3) is 0.444. The fourth-order valence-corrected chi connectivity index (χ4v) is 0.994. The highest BCUT2D eigenvalue weighted by Crippen LogP contribution is 2.06. The van der Waals surface area contributed by atoms with Gasteiger partial charge < -0.3 is 4.74 Å². The Hall–Kier alpha value is -1.72. The van der Waals surface area contributed by atoms with Crippen molar-refractivity contribution in [2.24, 2.45) is 0 Å². The predicted octanol–water partition coefficient (Wildman–Crippen LogP) is 0.583. The smallest absolute Gasteiger partial charge is 0.363 e. The van der Waals surface area contributed by atoms with Crippen LogP contribution in [0.15, 0.2) is 16.9 Å². The van der Waals surface area contributed by atoms with Crippen LogP contribution < -0.4 is 5.56 Å². The fourth-order valence-electron chi connectivity index (χ4n) is 0.994. The van der Waals surface area contributed by atoms with E-state index in [1.54, 1.807) is 13.8 Å². The average molecular weight is 214 g/mol. The summed E-state index contributed by atoms with van der Waals surface area (Å²) in [5.41, 5.74) is -0.234. The molecule has 1 unspecified atom stereocenters. The zero-order valence-electron chi connectivity index (χ0n) is 8.44. The molecule has 0 aliphatic heterocycles. The number of carbonyl (C=O) groups excluding carboxylic acids is 1. The van der Waals surface area contributed by atoms with Crippen LogP contribution in [0.4, 0.5) is 4.39 Å². The van der Waals surface area contributed by atoms with Gasteiger partial charge in [-0.3, -0.25) is 4.79 Å². The summed E-state index contributed by atoms with van der Waals surface area (Å²) in [6.45, 7) is 3.20. The van der Waals surface area contributed by atoms with E-state index in [2.05, 4.69) is 9.84 Å². The Morgan fingerprint density at radius 1 is 1.67 bits per heavy atom. The molecule has 1 rings (SSSR count). The van der Waals surface area contributed by atoms with Gasteiger partial charge in [0.15, 0.2) is 0 Å². The lowest BCUT2D eigenvalue weighted by molar-refractivity contribution is -0.153. The third-order valence-electron chi connectivity index (χ3n) is 1.65. The van der Waals surface area contributed by atoms with Gasteiger partial charge >= 0.3 is 5.97 Å². The number of hydrogen-bond donors (Lipinski definition) is 0. The minimum atomic E-state index is -2.18. The lowest BCUT2D eigenvalue weighted by Gasteiger charge is -2.09. The van der Waals surface area contributed by atoms with Crippen LogP contribution in [0.25, 0.3) is 0 Å². The summed E-state index contributed by atoms with van der Waals surface area (Å²) in [7, 11) is 0. The molecular formula is C9H11FN2O3. The molecule has 15 heavy (non-hydrogen) atoms. The summed E-state index contributed by atoms with van der Waals surface area (Å²) in [6, 6.07) is 2.59. The standard InChI is InChI=1S/C9H11FN2O3/c1-3-15-9(14)8(10)12-7(13)5-4-6(2)11-12/h4-5,8H,3H2,1-2H3. The Kier molecular flexibility index (Phi) is 3.54. The minimum Gasteiger partial charge on any atom is -0.462 e. The summed E-state index contributed by atoms with van der Waals surface area (Å²) in [4.78, 5) is 22.2. The summed E-state index contributed by atoms with van der Waals surface area (Å²) < 4.78 is 18.3. The molecule has 0 bridgehead atoms. The molecule has 0 spiro atoms. The lowest BCUT2D eigenvalue weighted by Crippen LogP contribution is -2.30. The average Bonchev–Trinajstić information content (AvgIpc) is 2.21. The van der Waals surface area contributed by atoms with Crippen molar-refractivity contribution >= 4 is 5.97 Å². The van der Waals surface area contributed by atoms with Crippen LogP contribution in [0.2, 0.25) is 0 Å². The molecule has 0 aliphatic rings. The summed E-state index contributed by atoms with van der Waals surface area (Å²) >= 11 is 0. The molecular weight excluding hydrogens is 203 g/mol. The van der Waals surface area contributed by atoms with E-state index in [0.717, 1.165) is 6.07 Å². The highest BCUT2D eigenvalue weighted by molar-refractivity contribution is 5.72. The first-order chi connectivity index (χ1) is 7.06. The van der Waals surface area contributed by atoms with Gasteiger partial charge in [0.25, 0.3) is 11.9 Å². The zero-order valence-corrected chi connectivity index (χ0v) is 8.44. The van der Waals surface area contributed by atoms with Gasteiger partial charge in [-0.25, -0.2) is 9.18 Å². The van der Waals surface area contributed by atoms with Crippen molar-refractivity contribution in [3.63, 3.8) is 0 Å². The summed E-state index contributed by atoms with van der Waals surface area (Å²) in [5, 5.41) is 3.60. The number of hydrogen-bond acceptors (Lipinski definition) is 4. The Labute approximate surface area is 85.5 Å². The molecule has 0 radical (unpaired) electrons. The number of rotatable bonds is 3. The third kappa shape index (κ3) is 2.61. The van der Waals surface area contributed by atoms with Crippen molar-refractivity contribution < 1.29 is 13.9 Å².